The number of anilines is 1. The van der Waals surface area contributed by atoms with Crippen molar-refractivity contribution < 1.29 is 33.2 Å². The van der Waals surface area contributed by atoms with Gasteiger partial charge in [0, 0.05) is 37.8 Å². The Balaban J connectivity index is 1.28. The van der Waals surface area contributed by atoms with E-state index in [0.29, 0.717) is 50.8 Å². The molecule has 5 aliphatic heterocycles. The first-order valence-corrected chi connectivity index (χ1v) is 18.1. The molecule has 1 spiro atoms. The Bertz CT molecular complexity index is 1970. The lowest BCUT2D eigenvalue weighted by Gasteiger charge is -2.51. The van der Waals surface area contributed by atoms with E-state index in [2.05, 4.69) is 82.6 Å². The van der Waals surface area contributed by atoms with E-state index in [1.807, 2.05) is 24.3 Å². The van der Waals surface area contributed by atoms with E-state index in [9.17, 15) is 4.79 Å². The normalized spacial score (nSPS) is 27.2. The minimum absolute atomic E-state index is 0.142. The van der Waals surface area contributed by atoms with E-state index in [-0.39, 0.29) is 18.8 Å². The van der Waals surface area contributed by atoms with E-state index in [4.69, 9.17) is 33.4 Å². The lowest BCUT2D eigenvalue weighted by Crippen LogP contribution is -2.63. The van der Waals surface area contributed by atoms with Crippen LogP contribution in [0.15, 0.2) is 102 Å². The molecule has 0 N–H and O–H groups in total. The van der Waals surface area contributed by atoms with Gasteiger partial charge in [0.2, 0.25) is 6.79 Å². The van der Waals surface area contributed by atoms with Crippen LogP contribution in [0.1, 0.15) is 34.6 Å². The fourth-order valence-electron chi connectivity index (χ4n) is 9.20. The van der Waals surface area contributed by atoms with Crippen LogP contribution in [0, 0.1) is 5.92 Å². The lowest BCUT2D eigenvalue weighted by molar-refractivity contribution is -0.176. The molecule has 4 aromatic carbocycles. The zero-order chi connectivity index (χ0) is 35.3. The van der Waals surface area contributed by atoms with Crippen molar-refractivity contribution in [1.29, 1.82) is 0 Å². The lowest BCUT2D eigenvalue weighted by atomic mass is 9.66. The second-order valence-corrected chi connectivity index (χ2v) is 14.1. The predicted octanol–water partition coefficient (Wildman–Crippen LogP) is 5.77. The number of fused-ring (bicyclic) bond motifs is 4. The van der Waals surface area contributed by atoms with E-state index >= 15 is 0 Å². The number of hydrogen-bond acceptors (Lipinski definition) is 10. The number of esters is 1. The van der Waals surface area contributed by atoms with Crippen molar-refractivity contribution in [1.82, 2.24) is 4.90 Å². The monoisotopic (exact) mass is 701 g/mol. The van der Waals surface area contributed by atoms with Gasteiger partial charge in [0.1, 0.15) is 11.7 Å². The molecule has 4 aromatic rings. The van der Waals surface area contributed by atoms with Crippen LogP contribution in [0.5, 0.6) is 17.2 Å². The molecule has 5 aliphatic rings. The minimum atomic E-state index is -1.16. The molecule has 0 aromatic heterocycles. The fourth-order valence-corrected chi connectivity index (χ4v) is 9.20. The molecule has 2 fully saturated rings. The summed E-state index contributed by atoms with van der Waals surface area (Å²) in [4.78, 5) is 25.1. The van der Waals surface area contributed by atoms with Crippen molar-refractivity contribution in [3.63, 3.8) is 0 Å². The van der Waals surface area contributed by atoms with Crippen LogP contribution in [0.2, 0.25) is 0 Å². The number of benzene rings is 4. The largest absolute Gasteiger partial charge is 0.497 e. The van der Waals surface area contributed by atoms with Crippen molar-refractivity contribution in [3.05, 3.63) is 119 Å². The van der Waals surface area contributed by atoms with Crippen LogP contribution in [-0.2, 0) is 38.4 Å². The van der Waals surface area contributed by atoms with E-state index in [0.717, 1.165) is 46.7 Å². The Labute approximate surface area is 303 Å². The third-order valence-corrected chi connectivity index (χ3v) is 11.5. The minimum Gasteiger partial charge on any atom is -0.497 e. The second kappa shape index (κ2) is 13.3. The maximum absolute atomic E-state index is 14.6. The van der Waals surface area contributed by atoms with Gasteiger partial charge in [0.05, 0.1) is 45.1 Å². The summed E-state index contributed by atoms with van der Waals surface area (Å²) in [5, 5.41) is 0. The van der Waals surface area contributed by atoms with Gasteiger partial charge in [-0.3, -0.25) is 14.7 Å². The molecular formula is C42H43N3O7. The highest BCUT2D eigenvalue weighted by molar-refractivity contribution is 6.02. The van der Waals surface area contributed by atoms with Crippen molar-refractivity contribution in [3.8, 4) is 17.2 Å². The van der Waals surface area contributed by atoms with Gasteiger partial charge in [-0.1, -0.05) is 72.8 Å². The summed E-state index contributed by atoms with van der Waals surface area (Å²) in [6.45, 7) is 2.99. The fraction of sp³-hybridized carbons (Fsp3) is 0.381. The van der Waals surface area contributed by atoms with Crippen LogP contribution in [0.3, 0.4) is 0 Å². The molecule has 2 bridgehead atoms. The zero-order valence-corrected chi connectivity index (χ0v) is 29.5. The van der Waals surface area contributed by atoms with Crippen LogP contribution in [-0.4, -0.2) is 81.4 Å². The van der Waals surface area contributed by atoms with Gasteiger partial charge in [-0.15, -0.1) is 0 Å². The molecule has 5 atom stereocenters. The quantitative estimate of drug-likeness (QED) is 0.191. The summed E-state index contributed by atoms with van der Waals surface area (Å²) in [5.74, 6) is 0.648. The number of methoxy groups -OCH3 is 2. The maximum atomic E-state index is 14.6. The summed E-state index contributed by atoms with van der Waals surface area (Å²) < 4.78 is 36.8. The highest BCUT2D eigenvalue weighted by Gasteiger charge is 2.77. The van der Waals surface area contributed by atoms with Gasteiger partial charge in [-0.05, 0) is 53.3 Å². The number of nitrogens with zero attached hydrogens (tertiary/aromatic N) is 3. The first kappa shape index (κ1) is 33.0. The van der Waals surface area contributed by atoms with Crippen LogP contribution >= 0.6 is 0 Å². The predicted molar refractivity (Wildman–Crippen MR) is 195 cm³/mol. The highest BCUT2D eigenvalue weighted by atomic mass is 16.7. The molecule has 0 saturated carbocycles. The molecule has 0 amide bonds. The summed E-state index contributed by atoms with van der Waals surface area (Å²) in [5.41, 5.74) is 3.94. The first-order chi connectivity index (χ1) is 25.5. The molecule has 268 valence electrons. The maximum Gasteiger partial charge on any atom is 0.314 e. The zero-order valence-electron chi connectivity index (χ0n) is 29.5. The van der Waals surface area contributed by atoms with Crippen molar-refractivity contribution in [2.24, 2.45) is 10.9 Å². The Morgan fingerprint density at radius 3 is 2.25 bits per heavy atom. The molecule has 10 nitrogen and oxygen atoms in total. The Hall–Kier alpha value is -4.90. The summed E-state index contributed by atoms with van der Waals surface area (Å²) >= 11 is 0. The Kier molecular flexibility index (Phi) is 8.41. The van der Waals surface area contributed by atoms with Gasteiger partial charge in [-0.25, -0.2) is 0 Å². The van der Waals surface area contributed by atoms with E-state index in [1.54, 1.807) is 7.11 Å². The molecule has 9 rings (SSSR count). The first-order valence-electron chi connectivity index (χ1n) is 18.1. The molecule has 10 heteroatoms. The molecule has 5 heterocycles. The third-order valence-electron chi connectivity index (χ3n) is 11.5. The number of rotatable bonds is 10. The molecule has 0 radical (unpaired) electrons. The topological polar surface area (TPSA) is 91.3 Å². The number of aliphatic imine (C=N–C) groups is 1. The average molecular weight is 702 g/mol. The second-order valence-electron chi connectivity index (χ2n) is 14.1. The van der Waals surface area contributed by atoms with Gasteiger partial charge < -0.3 is 33.3 Å². The highest BCUT2D eigenvalue weighted by Crippen LogP contribution is 2.66. The van der Waals surface area contributed by atoms with Crippen LogP contribution < -0.4 is 19.1 Å². The van der Waals surface area contributed by atoms with E-state index < -0.39 is 23.3 Å². The number of aryl methyl sites for hydroxylation is 1. The molecule has 52 heavy (non-hydrogen) atoms. The summed E-state index contributed by atoms with van der Waals surface area (Å²) in [6, 6.07) is 33.0. The standard InChI is InChI=1S/C42H43N3O7/c1-47-31-16-13-29(14-17-31)23-36-42(44-19-21-49-22-20-44)39(40(46)48-2)38-32-24-34-35(51-27-50-34)25-33(32)45(26-30-11-7-4-8-12-30)37(41(38,43-36)52-42)18-15-28-9-5-3-6-10-28/h3-14,16-17,24-25,37-39H,15,18-23,26-27H2,1-2H3/t37-,38+,39-,41+,42-/m0/s1. The molecule has 2 saturated heterocycles. The number of morpholine rings is 1. The number of hydrogen-bond donors (Lipinski definition) is 0. The summed E-state index contributed by atoms with van der Waals surface area (Å²) in [6.07, 6.45) is 2.03. The third kappa shape index (κ3) is 5.26. The summed E-state index contributed by atoms with van der Waals surface area (Å²) in [7, 11) is 3.15. The number of carbonyl (C=O) groups excluding carboxylic acids is 1. The van der Waals surface area contributed by atoms with Gasteiger partial charge in [-0.2, -0.15) is 0 Å². The molecule has 0 unspecified atom stereocenters. The molecule has 0 aliphatic carbocycles. The molecular weight excluding hydrogens is 658 g/mol. The van der Waals surface area contributed by atoms with Gasteiger partial charge in [0.15, 0.2) is 22.9 Å². The number of carbonyl (C=O) groups is 1. The van der Waals surface area contributed by atoms with Crippen LogP contribution in [0.4, 0.5) is 5.69 Å². The SMILES string of the molecule is COC(=O)[C@@H]1[C@H]2c3cc4c(cc3N(Cc3ccccc3)[C@@H](CCc3ccccc3)[C@]23N=C(Cc2ccc(OC)cc2)[C@]1(N1CCOCC1)O3)OCO4. The number of ether oxygens (including phenoxy) is 6. The van der Waals surface area contributed by atoms with Gasteiger partial charge >= 0.3 is 5.97 Å². The van der Waals surface area contributed by atoms with Gasteiger partial charge in [0.25, 0.3) is 0 Å². The smallest absolute Gasteiger partial charge is 0.314 e. The van der Waals surface area contributed by atoms with Crippen LogP contribution in [0.25, 0.3) is 0 Å². The van der Waals surface area contributed by atoms with Crippen molar-refractivity contribution in [2.45, 2.75) is 49.2 Å². The Morgan fingerprint density at radius 2 is 1.56 bits per heavy atom. The average Bonchev–Trinajstić information content (AvgIpc) is 3.88. The van der Waals surface area contributed by atoms with E-state index in [1.165, 1.54) is 12.7 Å². The van der Waals surface area contributed by atoms with Crippen molar-refractivity contribution in [2.75, 3.05) is 52.2 Å². The van der Waals surface area contributed by atoms with Crippen molar-refractivity contribution >= 4 is 17.4 Å². The Morgan fingerprint density at radius 1 is 0.865 bits per heavy atom.